The summed E-state index contributed by atoms with van der Waals surface area (Å²) < 4.78 is 0. The molecule has 90 valence electrons. The van der Waals surface area contributed by atoms with Crippen LogP contribution >= 0.6 is 11.6 Å². The number of halogens is 1. The molecule has 1 aromatic carbocycles. The van der Waals surface area contributed by atoms with Crippen LogP contribution in [0.1, 0.15) is 43.2 Å². The van der Waals surface area contributed by atoms with Crippen molar-refractivity contribution in [3.63, 3.8) is 0 Å². The van der Waals surface area contributed by atoms with E-state index in [1.807, 2.05) is 6.92 Å². The molecule has 0 radical (unpaired) electrons. The van der Waals surface area contributed by atoms with Crippen molar-refractivity contribution in [2.45, 2.75) is 43.6 Å². The van der Waals surface area contributed by atoms with Crippen molar-refractivity contribution in [1.29, 1.82) is 0 Å². The molecule has 1 aliphatic heterocycles. The van der Waals surface area contributed by atoms with E-state index in [0.29, 0.717) is 0 Å². The Bertz CT molecular complexity index is 451. The summed E-state index contributed by atoms with van der Waals surface area (Å²) in [4.78, 5) is 5.35. The van der Waals surface area contributed by atoms with Crippen molar-refractivity contribution >= 4 is 17.3 Å². The zero-order valence-electron chi connectivity index (χ0n) is 9.90. The van der Waals surface area contributed by atoms with Gasteiger partial charge in [-0.05, 0) is 42.9 Å². The monoisotopic (exact) mass is 249 g/mol. The van der Waals surface area contributed by atoms with Gasteiger partial charge in [0.05, 0.1) is 11.1 Å². The molecule has 3 rings (SSSR count). The Labute approximate surface area is 107 Å². The van der Waals surface area contributed by atoms with Crippen LogP contribution in [0.25, 0.3) is 0 Å². The second-order valence-corrected chi connectivity index (χ2v) is 5.65. The van der Waals surface area contributed by atoms with Gasteiger partial charge < -0.3 is 4.84 Å². The third-order valence-corrected chi connectivity index (χ3v) is 3.75. The second-order valence-electron chi connectivity index (χ2n) is 4.96. The predicted molar refractivity (Wildman–Crippen MR) is 69.8 cm³/mol. The van der Waals surface area contributed by atoms with Crippen molar-refractivity contribution < 1.29 is 4.84 Å². The fourth-order valence-electron chi connectivity index (χ4n) is 2.20. The largest absolute Gasteiger partial charge is 0.390 e. The van der Waals surface area contributed by atoms with E-state index in [0.717, 1.165) is 18.1 Å². The summed E-state index contributed by atoms with van der Waals surface area (Å²) >= 11 is 6.03. The van der Waals surface area contributed by atoms with Crippen molar-refractivity contribution in [3.8, 4) is 0 Å². The first kappa shape index (κ1) is 11.1. The number of hydrogen-bond acceptors (Lipinski definition) is 2. The molecule has 0 bridgehead atoms. The van der Waals surface area contributed by atoms with Gasteiger partial charge in [0.25, 0.3) is 0 Å². The Morgan fingerprint density at radius 2 is 2.24 bits per heavy atom. The average Bonchev–Trinajstić information content (AvgIpc) is 3.06. The first-order chi connectivity index (χ1) is 8.24. The first-order valence-corrected chi connectivity index (χ1v) is 6.65. The summed E-state index contributed by atoms with van der Waals surface area (Å²) in [5.41, 5.74) is 3.66. The smallest absolute Gasteiger partial charge is 0.149 e. The van der Waals surface area contributed by atoms with Gasteiger partial charge in [0.2, 0.25) is 0 Å². The maximum absolute atomic E-state index is 6.03. The van der Waals surface area contributed by atoms with Gasteiger partial charge >= 0.3 is 0 Å². The van der Waals surface area contributed by atoms with Crippen LogP contribution in [0.5, 0.6) is 0 Å². The Morgan fingerprint density at radius 1 is 1.41 bits per heavy atom. The number of oxime groups is 1. The minimum Gasteiger partial charge on any atom is -0.390 e. The Morgan fingerprint density at radius 3 is 2.88 bits per heavy atom. The molecule has 0 spiro atoms. The summed E-state index contributed by atoms with van der Waals surface area (Å²) in [6.07, 6.45) is 3.50. The standard InChI is InChI=1S/C14H16ClNO/c1-9(15)14-8-13(16-17-14)12-4-2-3-11(7-12)10-5-6-10/h2-4,7,9-10,14H,5-6,8H2,1H3. The van der Waals surface area contributed by atoms with E-state index in [-0.39, 0.29) is 11.5 Å². The van der Waals surface area contributed by atoms with E-state index < -0.39 is 0 Å². The lowest BCUT2D eigenvalue weighted by Gasteiger charge is -2.09. The first-order valence-electron chi connectivity index (χ1n) is 6.21. The normalized spacial score (nSPS) is 25.3. The molecule has 17 heavy (non-hydrogen) atoms. The highest BCUT2D eigenvalue weighted by atomic mass is 35.5. The van der Waals surface area contributed by atoms with Crippen LogP contribution < -0.4 is 0 Å². The highest BCUT2D eigenvalue weighted by molar-refractivity contribution is 6.21. The van der Waals surface area contributed by atoms with Crippen molar-refractivity contribution in [3.05, 3.63) is 35.4 Å². The molecular weight excluding hydrogens is 234 g/mol. The minimum absolute atomic E-state index is 0.00265. The Kier molecular flexibility index (Phi) is 2.83. The maximum atomic E-state index is 6.03. The molecule has 1 saturated carbocycles. The third-order valence-electron chi connectivity index (χ3n) is 3.47. The fourth-order valence-corrected chi connectivity index (χ4v) is 2.34. The van der Waals surface area contributed by atoms with E-state index in [1.165, 1.54) is 24.0 Å². The number of benzene rings is 1. The molecule has 0 aromatic heterocycles. The van der Waals surface area contributed by atoms with E-state index in [2.05, 4.69) is 29.4 Å². The zero-order valence-corrected chi connectivity index (χ0v) is 10.7. The lowest BCUT2D eigenvalue weighted by atomic mass is 10.00. The number of hydrogen-bond donors (Lipinski definition) is 0. The topological polar surface area (TPSA) is 21.6 Å². The van der Waals surface area contributed by atoms with Gasteiger partial charge in [-0.15, -0.1) is 11.6 Å². The van der Waals surface area contributed by atoms with E-state index in [9.17, 15) is 0 Å². The highest BCUT2D eigenvalue weighted by Gasteiger charge is 2.28. The molecule has 2 aliphatic rings. The van der Waals surface area contributed by atoms with Crippen LogP contribution in [-0.2, 0) is 4.84 Å². The van der Waals surface area contributed by atoms with Crippen LogP contribution in [0.3, 0.4) is 0 Å². The quantitative estimate of drug-likeness (QED) is 0.749. The van der Waals surface area contributed by atoms with E-state index >= 15 is 0 Å². The van der Waals surface area contributed by atoms with Gasteiger partial charge in [0.15, 0.2) is 0 Å². The molecule has 2 atom stereocenters. The maximum Gasteiger partial charge on any atom is 0.149 e. The SMILES string of the molecule is CC(Cl)C1CC(c2cccc(C3CC3)c2)=NO1. The molecule has 3 heteroatoms. The summed E-state index contributed by atoms with van der Waals surface area (Å²) in [6, 6.07) is 8.68. The molecule has 1 fully saturated rings. The Balaban J connectivity index is 1.78. The zero-order chi connectivity index (χ0) is 11.8. The van der Waals surface area contributed by atoms with Gasteiger partial charge in [-0.1, -0.05) is 23.4 Å². The number of nitrogens with zero attached hydrogens (tertiary/aromatic N) is 1. The number of alkyl halides is 1. The number of rotatable bonds is 3. The van der Waals surface area contributed by atoms with Crippen LogP contribution in [-0.4, -0.2) is 17.2 Å². The summed E-state index contributed by atoms with van der Waals surface area (Å²) in [6.45, 7) is 1.95. The molecule has 1 aromatic rings. The molecule has 2 nitrogen and oxygen atoms in total. The van der Waals surface area contributed by atoms with Gasteiger partial charge in [0.1, 0.15) is 6.10 Å². The molecule has 0 amide bonds. The van der Waals surface area contributed by atoms with Crippen molar-refractivity contribution in [2.24, 2.45) is 5.16 Å². The molecule has 1 aliphatic carbocycles. The van der Waals surface area contributed by atoms with E-state index in [1.54, 1.807) is 0 Å². The molecular formula is C14H16ClNO. The minimum atomic E-state index is 0.00265. The van der Waals surface area contributed by atoms with Crippen LogP contribution in [0, 0.1) is 0 Å². The predicted octanol–water partition coefficient (Wildman–Crippen LogP) is 3.68. The molecule has 0 saturated heterocycles. The lowest BCUT2D eigenvalue weighted by Crippen LogP contribution is -2.18. The van der Waals surface area contributed by atoms with Gasteiger partial charge in [0, 0.05) is 6.42 Å². The van der Waals surface area contributed by atoms with Gasteiger partial charge in [-0.25, -0.2) is 0 Å². The van der Waals surface area contributed by atoms with Crippen molar-refractivity contribution in [1.82, 2.24) is 0 Å². The molecule has 0 N–H and O–H groups in total. The average molecular weight is 250 g/mol. The van der Waals surface area contributed by atoms with Crippen molar-refractivity contribution in [2.75, 3.05) is 0 Å². The Hall–Kier alpha value is -1.02. The van der Waals surface area contributed by atoms with Gasteiger partial charge in [-0.2, -0.15) is 0 Å². The molecule has 1 heterocycles. The summed E-state index contributed by atoms with van der Waals surface area (Å²) in [5.74, 6) is 0.778. The second kappa shape index (κ2) is 4.34. The van der Waals surface area contributed by atoms with Crippen LogP contribution in [0.2, 0.25) is 0 Å². The lowest BCUT2D eigenvalue weighted by molar-refractivity contribution is 0.0855. The summed E-state index contributed by atoms with van der Waals surface area (Å²) in [5, 5.41) is 4.16. The highest BCUT2D eigenvalue weighted by Crippen LogP contribution is 2.40. The van der Waals surface area contributed by atoms with Crippen LogP contribution in [0.4, 0.5) is 0 Å². The molecule has 2 unspecified atom stereocenters. The summed E-state index contributed by atoms with van der Waals surface area (Å²) in [7, 11) is 0. The van der Waals surface area contributed by atoms with E-state index in [4.69, 9.17) is 16.4 Å². The fraction of sp³-hybridized carbons (Fsp3) is 0.500. The van der Waals surface area contributed by atoms with Crippen LogP contribution in [0.15, 0.2) is 29.4 Å². The third kappa shape index (κ3) is 2.32. The van der Waals surface area contributed by atoms with Gasteiger partial charge in [-0.3, -0.25) is 0 Å².